The molecule has 5 heteroatoms. The van der Waals surface area contributed by atoms with Crippen LogP contribution in [0.3, 0.4) is 0 Å². The Kier molecular flexibility index (Phi) is 3.59. The highest BCUT2D eigenvalue weighted by molar-refractivity contribution is 7.81. The third kappa shape index (κ3) is 2.91. The highest BCUT2D eigenvalue weighted by atomic mass is 32.1. The maximum absolute atomic E-state index is 11.3. The molecule has 74 valence electrons. The second-order valence-corrected chi connectivity index (χ2v) is 3.61. The molecule has 0 aromatic heterocycles. The van der Waals surface area contributed by atoms with Gasteiger partial charge in [-0.25, -0.2) is 4.79 Å². The molecule has 0 spiro atoms. The van der Waals surface area contributed by atoms with Crippen molar-refractivity contribution in [2.75, 3.05) is 13.1 Å². The van der Waals surface area contributed by atoms with Crippen LogP contribution in [-0.4, -0.2) is 41.8 Å². The summed E-state index contributed by atoms with van der Waals surface area (Å²) in [5.74, 6) is -0.313. The molecule has 1 aliphatic rings. The number of nitrogens with zero attached hydrogens (tertiary/aromatic N) is 2. The van der Waals surface area contributed by atoms with E-state index in [9.17, 15) is 4.79 Å². The SMILES string of the molecule is CC(C)OC(=O)C(S)N1C=NCC1. The van der Waals surface area contributed by atoms with E-state index < -0.39 is 5.37 Å². The zero-order valence-electron chi connectivity index (χ0n) is 7.80. The first-order chi connectivity index (χ1) is 6.11. The minimum absolute atomic E-state index is 0.0957. The van der Waals surface area contributed by atoms with Gasteiger partial charge >= 0.3 is 5.97 Å². The molecule has 0 saturated carbocycles. The van der Waals surface area contributed by atoms with Gasteiger partial charge in [0.05, 0.1) is 19.0 Å². The summed E-state index contributed by atoms with van der Waals surface area (Å²) < 4.78 is 5.01. The molecule has 0 amide bonds. The minimum Gasteiger partial charge on any atom is -0.461 e. The smallest absolute Gasteiger partial charge is 0.339 e. The highest BCUT2D eigenvalue weighted by Crippen LogP contribution is 2.08. The van der Waals surface area contributed by atoms with Gasteiger partial charge in [-0.05, 0) is 13.8 Å². The first-order valence-corrected chi connectivity index (χ1v) is 4.77. The Morgan fingerprint density at radius 3 is 2.85 bits per heavy atom. The maximum Gasteiger partial charge on any atom is 0.339 e. The summed E-state index contributed by atoms with van der Waals surface area (Å²) in [6, 6.07) is 0. The molecule has 0 bridgehead atoms. The molecular weight excluding hydrogens is 188 g/mol. The molecule has 1 unspecified atom stereocenters. The monoisotopic (exact) mass is 202 g/mol. The fraction of sp³-hybridized carbons (Fsp3) is 0.750. The van der Waals surface area contributed by atoms with Crippen molar-refractivity contribution in [3.8, 4) is 0 Å². The van der Waals surface area contributed by atoms with Crippen molar-refractivity contribution < 1.29 is 9.53 Å². The van der Waals surface area contributed by atoms with E-state index in [1.807, 2.05) is 13.8 Å². The van der Waals surface area contributed by atoms with Gasteiger partial charge in [0, 0.05) is 6.54 Å². The summed E-state index contributed by atoms with van der Waals surface area (Å²) in [6.45, 7) is 5.10. The van der Waals surface area contributed by atoms with Gasteiger partial charge in [0.1, 0.15) is 0 Å². The molecule has 1 atom stereocenters. The van der Waals surface area contributed by atoms with Crippen LogP contribution in [0.2, 0.25) is 0 Å². The summed E-state index contributed by atoms with van der Waals surface area (Å²) >= 11 is 4.15. The maximum atomic E-state index is 11.3. The predicted molar refractivity (Wildman–Crippen MR) is 54.1 cm³/mol. The van der Waals surface area contributed by atoms with Crippen molar-refractivity contribution in [3.63, 3.8) is 0 Å². The van der Waals surface area contributed by atoms with E-state index in [1.54, 1.807) is 11.2 Å². The lowest BCUT2D eigenvalue weighted by molar-refractivity contribution is -0.148. The number of ether oxygens (including phenoxy) is 1. The predicted octanol–water partition coefficient (Wildman–Crippen LogP) is 0.538. The van der Waals surface area contributed by atoms with E-state index in [-0.39, 0.29) is 12.1 Å². The molecule has 0 aromatic carbocycles. The van der Waals surface area contributed by atoms with Crippen molar-refractivity contribution in [1.29, 1.82) is 0 Å². The van der Waals surface area contributed by atoms with E-state index >= 15 is 0 Å². The molecule has 0 fully saturated rings. The summed E-state index contributed by atoms with van der Waals surface area (Å²) in [4.78, 5) is 17.1. The van der Waals surface area contributed by atoms with Gasteiger partial charge in [0.25, 0.3) is 0 Å². The van der Waals surface area contributed by atoms with Crippen molar-refractivity contribution in [2.45, 2.75) is 25.3 Å². The third-order valence-electron chi connectivity index (χ3n) is 1.59. The summed E-state index contributed by atoms with van der Waals surface area (Å²) in [6.07, 6.45) is 1.54. The van der Waals surface area contributed by atoms with E-state index in [0.29, 0.717) is 0 Å². The minimum atomic E-state index is -0.520. The van der Waals surface area contributed by atoms with Gasteiger partial charge in [-0.3, -0.25) is 4.99 Å². The van der Waals surface area contributed by atoms with E-state index in [1.165, 1.54) is 0 Å². The molecule has 4 nitrogen and oxygen atoms in total. The zero-order valence-corrected chi connectivity index (χ0v) is 8.70. The molecule has 0 aliphatic carbocycles. The fourth-order valence-electron chi connectivity index (χ4n) is 1.01. The molecule has 0 saturated heterocycles. The van der Waals surface area contributed by atoms with Crippen molar-refractivity contribution in [2.24, 2.45) is 4.99 Å². The van der Waals surface area contributed by atoms with Gasteiger partial charge in [-0.2, -0.15) is 0 Å². The van der Waals surface area contributed by atoms with Crippen LogP contribution in [-0.2, 0) is 9.53 Å². The summed E-state index contributed by atoms with van der Waals surface area (Å²) in [5, 5.41) is -0.520. The fourth-order valence-corrected chi connectivity index (χ4v) is 1.24. The number of carbonyl (C=O) groups is 1. The van der Waals surface area contributed by atoms with Gasteiger partial charge in [0.15, 0.2) is 5.37 Å². The van der Waals surface area contributed by atoms with Crippen molar-refractivity contribution in [3.05, 3.63) is 0 Å². The average molecular weight is 202 g/mol. The zero-order chi connectivity index (χ0) is 9.84. The lowest BCUT2D eigenvalue weighted by Gasteiger charge is -2.21. The van der Waals surface area contributed by atoms with Crippen molar-refractivity contribution >= 4 is 24.9 Å². The first-order valence-electron chi connectivity index (χ1n) is 4.25. The number of aliphatic imine (C=N–C) groups is 1. The Labute approximate surface area is 83.4 Å². The van der Waals surface area contributed by atoms with Crippen LogP contribution in [0.4, 0.5) is 0 Å². The largest absolute Gasteiger partial charge is 0.461 e. The number of rotatable bonds is 3. The number of hydrogen-bond donors (Lipinski definition) is 1. The van der Waals surface area contributed by atoms with Gasteiger partial charge in [-0.1, -0.05) is 0 Å². The highest BCUT2D eigenvalue weighted by Gasteiger charge is 2.23. The lowest BCUT2D eigenvalue weighted by atomic mass is 10.4. The van der Waals surface area contributed by atoms with Gasteiger partial charge in [0.2, 0.25) is 0 Å². The summed E-state index contributed by atoms with van der Waals surface area (Å²) in [5.41, 5.74) is 0. The first kappa shape index (κ1) is 10.4. The van der Waals surface area contributed by atoms with Crippen LogP contribution >= 0.6 is 12.6 Å². The van der Waals surface area contributed by atoms with E-state index in [0.717, 1.165) is 13.1 Å². The number of carbonyl (C=O) groups excluding carboxylic acids is 1. The van der Waals surface area contributed by atoms with Crippen LogP contribution in [0.5, 0.6) is 0 Å². The van der Waals surface area contributed by atoms with E-state index in [4.69, 9.17) is 4.74 Å². The van der Waals surface area contributed by atoms with Gasteiger partial charge < -0.3 is 9.64 Å². The number of thiol groups is 1. The third-order valence-corrected chi connectivity index (χ3v) is 2.10. The Hall–Kier alpha value is -0.710. The average Bonchev–Trinajstić information content (AvgIpc) is 2.53. The Morgan fingerprint density at radius 1 is 1.69 bits per heavy atom. The van der Waals surface area contributed by atoms with Crippen LogP contribution in [0, 0.1) is 0 Å². The molecule has 0 radical (unpaired) electrons. The second kappa shape index (κ2) is 4.50. The Balaban J connectivity index is 2.41. The number of hydrogen-bond acceptors (Lipinski definition) is 5. The molecule has 1 rings (SSSR count). The standard InChI is InChI=1S/C8H14N2O2S/c1-6(2)12-8(11)7(13)10-4-3-9-5-10/h5-7,13H,3-4H2,1-2H3. The van der Waals surface area contributed by atoms with Crippen LogP contribution in [0.25, 0.3) is 0 Å². The summed E-state index contributed by atoms with van der Waals surface area (Å²) in [7, 11) is 0. The molecule has 1 aliphatic heterocycles. The van der Waals surface area contributed by atoms with Crippen molar-refractivity contribution in [1.82, 2.24) is 4.90 Å². The Morgan fingerprint density at radius 2 is 2.38 bits per heavy atom. The van der Waals surface area contributed by atoms with Crippen LogP contribution in [0.1, 0.15) is 13.8 Å². The van der Waals surface area contributed by atoms with Crippen LogP contribution < -0.4 is 0 Å². The quantitative estimate of drug-likeness (QED) is 0.536. The topological polar surface area (TPSA) is 41.9 Å². The number of esters is 1. The second-order valence-electron chi connectivity index (χ2n) is 3.12. The molecule has 13 heavy (non-hydrogen) atoms. The van der Waals surface area contributed by atoms with Crippen LogP contribution in [0.15, 0.2) is 4.99 Å². The lowest BCUT2D eigenvalue weighted by Crippen LogP contribution is -2.37. The molecular formula is C8H14N2O2S. The molecule has 0 aromatic rings. The molecule has 0 N–H and O–H groups in total. The molecule has 1 heterocycles. The Bertz CT molecular complexity index is 218. The van der Waals surface area contributed by atoms with Gasteiger partial charge in [-0.15, -0.1) is 12.6 Å². The normalized spacial score (nSPS) is 18.0. The van der Waals surface area contributed by atoms with E-state index in [2.05, 4.69) is 17.6 Å².